The van der Waals surface area contributed by atoms with Crippen molar-refractivity contribution in [1.82, 2.24) is 4.31 Å². The maximum Gasteiger partial charge on any atom is 0.243 e. The standard InChI is InChI=1S/C23H31NO2S/c1-18-5-11-22(12-6-18)27(25,26)24-15-13-20(14-16-24)17-19-7-9-21(10-8-19)23(2,3)4/h5-12,20H,13-17H2,1-4H3. The van der Waals surface area contributed by atoms with E-state index in [9.17, 15) is 8.42 Å². The van der Waals surface area contributed by atoms with Gasteiger partial charge in [0, 0.05) is 13.1 Å². The zero-order valence-electron chi connectivity index (χ0n) is 16.9. The number of benzene rings is 2. The van der Waals surface area contributed by atoms with Crippen LogP contribution in [0.1, 0.15) is 50.3 Å². The van der Waals surface area contributed by atoms with Crippen LogP contribution in [-0.4, -0.2) is 25.8 Å². The predicted octanol–water partition coefficient (Wildman–Crippen LogP) is 4.94. The zero-order valence-corrected chi connectivity index (χ0v) is 17.7. The molecule has 0 bridgehead atoms. The van der Waals surface area contributed by atoms with Gasteiger partial charge in [-0.2, -0.15) is 4.31 Å². The van der Waals surface area contributed by atoms with Gasteiger partial charge in [-0.1, -0.05) is 62.7 Å². The monoisotopic (exact) mass is 385 g/mol. The van der Waals surface area contributed by atoms with Gasteiger partial charge in [0.1, 0.15) is 0 Å². The molecule has 3 nitrogen and oxygen atoms in total. The van der Waals surface area contributed by atoms with Crippen molar-refractivity contribution >= 4 is 10.0 Å². The molecular weight excluding hydrogens is 354 g/mol. The van der Waals surface area contributed by atoms with Gasteiger partial charge in [0.15, 0.2) is 0 Å². The van der Waals surface area contributed by atoms with E-state index >= 15 is 0 Å². The fourth-order valence-corrected chi connectivity index (χ4v) is 5.16. The van der Waals surface area contributed by atoms with Gasteiger partial charge in [0.25, 0.3) is 0 Å². The predicted molar refractivity (Wildman–Crippen MR) is 112 cm³/mol. The lowest BCUT2D eigenvalue weighted by Gasteiger charge is -2.31. The molecule has 0 saturated carbocycles. The molecule has 0 atom stereocenters. The lowest BCUT2D eigenvalue weighted by molar-refractivity contribution is 0.273. The Balaban J connectivity index is 1.59. The molecule has 146 valence electrons. The van der Waals surface area contributed by atoms with Crippen molar-refractivity contribution in [2.75, 3.05) is 13.1 Å². The number of piperidine rings is 1. The van der Waals surface area contributed by atoms with Gasteiger partial charge in [-0.3, -0.25) is 0 Å². The van der Waals surface area contributed by atoms with Crippen LogP contribution in [0.4, 0.5) is 0 Å². The van der Waals surface area contributed by atoms with Crippen LogP contribution >= 0.6 is 0 Å². The van der Waals surface area contributed by atoms with E-state index in [1.807, 2.05) is 19.1 Å². The third-order valence-corrected chi connectivity index (χ3v) is 7.49. The number of hydrogen-bond acceptors (Lipinski definition) is 2. The summed E-state index contributed by atoms with van der Waals surface area (Å²) in [5.41, 5.74) is 3.95. The number of hydrogen-bond donors (Lipinski definition) is 0. The van der Waals surface area contributed by atoms with E-state index in [4.69, 9.17) is 0 Å². The van der Waals surface area contributed by atoms with Crippen molar-refractivity contribution in [3.8, 4) is 0 Å². The Morgan fingerprint density at radius 2 is 1.48 bits per heavy atom. The Labute approximate surface area is 164 Å². The average Bonchev–Trinajstić information content (AvgIpc) is 2.62. The van der Waals surface area contributed by atoms with Crippen molar-refractivity contribution in [3.63, 3.8) is 0 Å². The Hall–Kier alpha value is -1.65. The molecule has 1 aliphatic heterocycles. The fraction of sp³-hybridized carbons (Fsp3) is 0.478. The second-order valence-corrected chi connectivity index (χ2v) is 10.7. The Morgan fingerprint density at radius 3 is 2.00 bits per heavy atom. The molecule has 1 saturated heterocycles. The number of sulfonamides is 1. The van der Waals surface area contributed by atoms with Gasteiger partial charge in [-0.15, -0.1) is 0 Å². The summed E-state index contributed by atoms with van der Waals surface area (Å²) in [5.74, 6) is 0.551. The summed E-state index contributed by atoms with van der Waals surface area (Å²) in [6, 6.07) is 16.1. The summed E-state index contributed by atoms with van der Waals surface area (Å²) in [5, 5.41) is 0. The lowest BCUT2D eigenvalue weighted by atomic mass is 9.85. The third kappa shape index (κ3) is 4.80. The molecule has 0 unspecified atom stereocenters. The van der Waals surface area contributed by atoms with Crippen LogP contribution in [0.3, 0.4) is 0 Å². The summed E-state index contributed by atoms with van der Waals surface area (Å²) in [4.78, 5) is 0.407. The molecule has 0 radical (unpaired) electrons. The SMILES string of the molecule is Cc1ccc(S(=O)(=O)N2CCC(Cc3ccc(C(C)(C)C)cc3)CC2)cc1. The quantitative estimate of drug-likeness (QED) is 0.748. The van der Waals surface area contributed by atoms with Gasteiger partial charge >= 0.3 is 0 Å². The molecule has 0 aliphatic carbocycles. The van der Waals surface area contributed by atoms with Crippen LogP contribution in [0.15, 0.2) is 53.4 Å². The van der Waals surface area contributed by atoms with E-state index in [2.05, 4.69) is 45.0 Å². The largest absolute Gasteiger partial charge is 0.243 e. The van der Waals surface area contributed by atoms with Gasteiger partial charge in [0.2, 0.25) is 10.0 Å². The Morgan fingerprint density at radius 1 is 0.926 bits per heavy atom. The normalized spacial score (nSPS) is 17.2. The average molecular weight is 386 g/mol. The van der Waals surface area contributed by atoms with Crippen molar-refractivity contribution in [3.05, 3.63) is 65.2 Å². The van der Waals surface area contributed by atoms with E-state index in [0.29, 0.717) is 23.9 Å². The number of aryl methyl sites for hydroxylation is 1. The van der Waals surface area contributed by atoms with E-state index in [-0.39, 0.29) is 5.41 Å². The van der Waals surface area contributed by atoms with Crippen LogP contribution in [0.5, 0.6) is 0 Å². The maximum atomic E-state index is 12.8. The summed E-state index contributed by atoms with van der Waals surface area (Å²) in [7, 11) is -3.36. The summed E-state index contributed by atoms with van der Waals surface area (Å²) < 4.78 is 27.3. The molecule has 2 aromatic rings. The first-order chi connectivity index (χ1) is 12.7. The molecule has 1 heterocycles. The third-order valence-electron chi connectivity index (χ3n) is 5.58. The smallest absolute Gasteiger partial charge is 0.207 e. The molecule has 0 amide bonds. The first-order valence-corrected chi connectivity index (χ1v) is 11.3. The molecular formula is C23H31NO2S. The van der Waals surface area contributed by atoms with E-state index in [1.54, 1.807) is 16.4 Å². The minimum Gasteiger partial charge on any atom is -0.207 e. The molecule has 2 aromatic carbocycles. The van der Waals surface area contributed by atoms with Gasteiger partial charge < -0.3 is 0 Å². The highest BCUT2D eigenvalue weighted by Crippen LogP contribution is 2.28. The molecule has 0 N–H and O–H groups in total. The molecule has 0 aromatic heterocycles. The highest BCUT2D eigenvalue weighted by atomic mass is 32.2. The number of nitrogens with zero attached hydrogens (tertiary/aromatic N) is 1. The minimum atomic E-state index is -3.36. The van der Waals surface area contributed by atoms with Crippen LogP contribution in [0, 0.1) is 12.8 Å². The lowest BCUT2D eigenvalue weighted by Crippen LogP contribution is -2.38. The Kier molecular flexibility index (Phi) is 5.78. The Bertz CT molecular complexity index is 854. The highest BCUT2D eigenvalue weighted by Gasteiger charge is 2.29. The highest BCUT2D eigenvalue weighted by molar-refractivity contribution is 7.89. The first-order valence-electron chi connectivity index (χ1n) is 9.82. The number of rotatable bonds is 4. The molecule has 3 rings (SSSR count). The summed E-state index contributed by atoms with van der Waals surface area (Å²) in [6.07, 6.45) is 2.88. The topological polar surface area (TPSA) is 37.4 Å². The van der Waals surface area contributed by atoms with Crippen LogP contribution in [-0.2, 0) is 21.9 Å². The maximum absolute atomic E-state index is 12.8. The first kappa shape index (κ1) is 20.1. The van der Waals surface area contributed by atoms with E-state index in [0.717, 1.165) is 24.8 Å². The van der Waals surface area contributed by atoms with Crippen molar-refractivity contribution < 1.29 is 8.42 Å². The fourth-order valence-electron chi connectivity index (χ4n) is 3.69. The van der Waals surface area contributed by atoms with Crippen molar-refractivity contribution in [2.24, 2.45) is 5.92 Å². The van der Waals surface area contributed by atoms with Crippen molar-refractivity contribution in [1.29, 1.82) is 0 Å². The second-order valence-electron chi connectivity index (χ2n) is 8.81. The molecule has 1 aliphatic rings. The van der Waals surface area contributed by atoms with Crippen LogP contribution < -0.4 is 0 Å². The van der Waals surface area contributed by atoms with Crippen LogP contribution in [0.2, 0.25) is 0 Å². The summed E-state index contributed by atoms with van der Waals surface area (Å²) in [6.45, 7) is 9.88. The van der Waals surface area contributed by atoms with E-state index in [1.165, 1.54) is 11.1 Å². The second kappa shape index (κ2) is 7.76. The molecule has 1 fully saturated rings. The van der Waals surface area contributed by atoms with Gasteiger partial charge in [0.05, 0.1) is 4.90 Å². The zero-order chi connectivity index (χ0) is 19.7. The van der Waals surface area contributed by atoms with Crippen molar-refractivity contribution in [2.45, 2.75) is 57.3 Å². The summed E-state index contributed by atoms with van der Waals surface area (Å²) >= 11 is 0. The van der Waals surface area contributed by atoms with E-state index < -0.39 is 10.0 Å². The minimum absolute atomic E-state index is 0.175. The van der Waals surface area contributed by atoms with Gasteiger partial charge in [-0.05, 0) is 60.8 Å². The molecule has 27 heavy (non-hydrogen) atoms. The molecule has 0 spiro atoms. The van der Waals surface area contributed by atoms with Gasteiger partial charge in [-0.25, -0.2) is 8.42 Å². The van der Waals surface area contributed by atoms with Crippen LogP contribution in [0.25, 0.3) is 0 Å². The molecule has 4 heteroatoms.